The highest BCUT2D eigenvalue weighted by Gasteiger charge is 2.08. The fourth-order valence-electron chi connectivity index (χ4n) is 0.918. The van der Waals surface area contributed by atoms with Gasteiger partial charge in [0, 0.05) is 9.47 Å². The van der Waals surface area contributed by atoms with Gasteiger partial charge in [0.05, 0.1) is 38.1 Å². The third-order valence-electron chi connectivity index (χ3n) is 1.66. The molecule has 4 atom stereocenters. The van der Waals surface area contributed by atoms with Crippen molar-refractivity contribution in [1.82, 2.24) is 0 Å². The van der Waals surface area contributed by atoms with Gasteiger partial charge in [-0.15, -0.1) is 0 Å². The van der Waals surface area contributed by atoms with Crippen LogP contribution in [0.1, 0.15) is 20.8 Å². The topological polar surface area (TPSA) is 47.9 Å². The lowest BCUT2D eigenvalue weighted by Crippen LogP contribution is -2.25. The smallest absolute Gasteiger partial charge is 0.0816 e. The molecule has 0 radical (unpaired) electrons. The van der Waals surface area contributed by atoms with Crippen molar-refractivity contribution in [2.75, 3.05) is 19.8 Å². The van der Waals surface area contributed by atoms with E-state index in [1.807, 2.05) is 20.8 Å². The van der Waals surface area contributed by atoms with Gasteiger partial charge in [0.1, 0.15) is 0 Å². The lowest BCUT2D eigenvalue weighted by atomic mass is 10.4. The van der Waals surface area contributed by atoms with E-state index in [9.17, 15) is 0 Å². The average Bonchev–Trinajstić information content (AvgIpc) is 2.17. The maximum atomic E-state index is 8.75. The first-order chi connectivity index (χ1) is 6.60. The Morgan fingerprint density at radius 2 is 1.64 bits per heavy atom. The summed E-state index contributed by atoms with van der Waals surface area (Å²) < 4.78 is 15.7. The zero-order valence-corrected chi connectivity index (χ0v) is 10.3. The van der Waals surface area contributed by atoms with Gasteiger partial charge < -0.3 is 19.1 Å². The van der Waals surface area contributed by atoms with Crippen LogP contribution in [0, 0.1) is 0 Å². The van der Waals surface area contributed by atoms with Crippen LogP contribution in [0.4, 0.5) is 0 Å². The quantitative estimate of drug-likeness (QED) is 0.624. The number of aliphatic hydroxyl groups is 1. The van der Waals surface area contributed by atoms with E-state index >= 15 is 0 Å². The highest BCUT2D eigenvalue weighted by molar-refractivity contribution is 7.09. The van der Waals surface area contributed by atoms with Crippen molar-refractivity contribution in [1.29, 1.82) is 0 Å². The molecule has 0 aliphatic heterocycles. The van der Waals surface area contributed by atoms with Crippen LogP contribution in [-0.4, -0.2) is 43.2 Å². The van der Waals surface area contributed by atoms with E-state index in [-0.39, 0.29) is 24.9 Å². The van der Waals surface area contributed by atoms with E-state index in [2.05, 4.69) is 9.47 Å². The van der Waals surface area contributed by atoms with Crippen molar-refractivity contribution in [3.05, 3.63) is 0 Å². The van der Waals surface area contributed by atoms with Crippen LogP contribution < -0.4 is 0 Å². The van der Waals surface area contributed by atoms with Crippen LogP contribution in [0.25, 0.3) is 0 Å². The second-order valence-electron chi connectivity index (χ2n) is 3.42. The Hall–Kier alpha value is 0.270. The summed E-state index contributed by atoms with van der Waals surface area (Å²) in [5, 5.41) is 8.75. The van der Waals surface area contributed by atoms with E-state index in [1.54, 1.807) is 0 Å². The molecule has 5 heteroatoms. The lowest BCUT2D eigenvalue weighted by Gasteiger charge is -2.18. The number of ether oxygens (including phenoxy) is 2. The molecular formula is C9H21O4P. The Kier molecular flexibility index (Phi) is 8.73. The van der Waals surface area contributed by atoms with Gasteiger partial charge in [-0.3, -0.25) is 0 Å². The number of rotatable bonds is 8. The van der Waals surface area contributed by atoms with Crippen LogP contribution in [0.5, 0.6) is 0 Å². The highest BCUT2D eigenvalue weighted by Crippen LogP contribution is 2.01. The minimum atomic E-state index is -0.135. The molecule has 0 aliphatic rings. The molecule has 14 heavy (non-hydrogen) atoms. The molecule has 1 N–H and O–H groups in total. The summed E-state index contributed by atoms with van der Waals surface area (Å²) in [5.41, 5.74) is 0. The maximum Gasteiger partial charge on any atom is 0.0816 e. The molecular weight excluding hydrogens is 203 g/mol. The standard InChI is InChI=1S/C9H21O4P/c1-7(4-10)12-8(2)5-11-6-9(3)13-14/h7-10H,4-6,14H2,1-3H3. The molecule has 0 fully saturated rings. The first-order valence-corrected chi connectivity index (χ1v) is 5.26. The predicted molar refractivity (Wildman–Crippen MR) is 58.2 cm³/mol. The molecule has 0 amide bonds. The average molecular weight is 224 g/mol. The van der Waals surface area contributed by atoms with Crippen molar-refractivity contribution in [2.24, 2.45) is 0 Å². The fraction of sp³-hybridized carbons (Fsp3) is 1.00. The number of hydrogen-bond donors (Lipinski definition) is 1. The molecule has 0 heterocycles. The van der Waals surface area contributed by atoms with Crippen LogP contribution >= 0.6 is 9.47 Å². The summed E-state index contributed by atoms with van der Waals surface area (Å²) in [4.78, 5) is 0. The SMILES string of the molecule is CC(COCC(C)OC(C)CO)OP. The van der Waals surface area contributed by atoms with Crippen LogP contribution in [0.2, 0.25) is 0 Å². The Labute approximate surface area is 88.2 Å². The summed E-state index contributed by atoms with van der Waals surface area (Å²) in [6, 6.07) is 0. The maximum absolute atomic E-state index is 8.75. The summed E-state index contributed by atoms with van der Waals surface area (Å²) in [6.45, 7) is 6.76. The normalized spacial score (nSPS) is 17.8. The molecule has 0 aromatic carbocycles. The second kappa shape index (κ2) is 8.57. The third-order valence-corrected chi connectivity index (χ3v) is 2.12. The van der Waals surface area contributed by atoms with Crippen molar-refractivity contribution >= 4 is 9.47 Å². The number of aliphatic hydroxyl groups excluding tert-OH is 1. The molecule has 0 aromatic heterocycles. The first-order valence-electron chi connectivity index (χ1n) is 4.79. The van der Waals surface area contributed by atoms with Crippen molar-refractivity contribution in [3.63, 3.8) is 0 Å². The molecule has 0 saturated carbocycles. The summed E-state index contributed by atoms with van der Waals surface area (Å²) in [5.74, 6) is 0. The third kappa shape index (κ3) is 7.65. The molecule has 0 rings (SSSR count). The fourth-order valence-corrected chi connectivity index (χ4v) is 0.997. The van der Waals surface area contributed by atoms with Crippen molar-refractivity contribution < 1.29 is 19.1 Å². The van der Waals surface area contributed by atoms with E-state index in [4.69, 9.17) is 19.1 Å². The summed E-state index contributed by atoms with van der Waals surface area (Å²) >= 11 is 0. The van der Waals surface area contributed by atoms with Crippen LogP contribution in [-0.2, 0) is 14.0 Å². The zero-order valence-electron chi connectivity index (χ0n) is 9.10. The van der Waals surface area contributed by atoms with Gasteiger partial charge in [0.2, 0.25) is 0 Å². The molecule has 4 nitrogen and oxygen atoms in total. The molecule has 0 aromatic rings. The Balaban J connectivity index is 3.39. The largest absolute Gasteiger partial charge is 0.394 e. The van der Waals surface area contributed by atoms with E-state index in [0.717, 1.165) is 0 Å². The molecule has 0 spiro atoms. The Morgan fingerprint density at radius 3 is 2.14 bits per heavy atom. The molecule has 4 unspecified atom stereocenters. The summed E-state index contributed by atoms with van der Waals surface area (Å²) in [7, 11) is 2.20. The van der Waals surface area contributed by atoms with Crippen molar-refractivity contribution in [2.45, 2.75) is 39.1 Å². The van der Waals surface area contributed by atoms with Gasteiger partial charge in [-0.2, -0.15) is 0 Å². The summed E-state index contributed by atoms with van der Waals surface area (Å²) in [6.07, 6.45) is -0.0691. The second-order valence-corrected chi connectivity index (χ2v) is 3.70. The zero-order chi connectivity index (χ0) is 11.0. The van der Waals surface area contributed by atoms with Crippen molar-refractivity contribution in [3.8, 4) is 0 Å². The van der Waals surface area contributed by atoms with Gasteiger partial charge >= 0.3 is 0 Å². The van der Waals surface area contributed by atoms with Gasteiger partial charge in [0.25, 0.3) is 0 Å². The van der Waals surface area contributed by atoms with Gasteiger partial charge in [-0.25, -0.2) is 0 Å². The van der Waals surface area contributed by atoms with Gasteiger partial charge in [-0.1, -0.05) is 0 Å². The number of hydrogen-bond acceptors (Lipinski definition) is 4. The molecule has 0 saturated heterocycles. The van der Waals surface area contributed by atoms with Gasteiger partial charge in [0.15, 0.2) is 0 Å². The molecule has 0 aliphatic carbocycles. The highest BCUT2D eigenvalue weighted by atomic mass is 31.0. The van der Waals surface area contributed by atoms with E-state index in [1.165, 1.54) is 0 Å². The van der Waals surface area contributed by atoms with E-state index < -0.39 is 0 Å². The van der Waals surface area contributed by atoms with Crippen LogP contribution in [0.15, 0.2) is 0 Å². The Bertz CT molecular complexity index is 134. The minimum Gasteiger partial charge on any atom is -0.394 e. The molecule has 0 bridgehead atoms. The first kappa shape index (κ1) is 14.3. The monoisotopic (exact) mass is 224 g/mol. The Morgan fingerprint density at radius 1 is 1.07 bits per heavy atom. The predicted octanol–water partition coefficient (Wildman–Crippen LogP) is 0.984. The van der Waals surface area contributed by atoms with E-state index in [0.29, 0.717) is 13.2 Å². The minimum absolute atomic E-state index is 0.00569. The van der Waals surface area contributed by atoms with Crippen LogP contribution in [0.3, 0.4) is 0 Å². The van der Waals surface area contributed by atoms with Gasteiger partial charge in [-0.05, 0) is 20.8 Å². The lowest BCUT2D eigenvalue weighted by molar-refractivity contribution is -0.0652. The molecule has 86 valence electrons.